The van der Waals surface area contributed by atoms with Gasteiger partial charge in [-0.2, -0.15) is 13.2 Å². The van der Waals surface area contributed by atoms with Gasteiger partial charge in [0.05, 0.1) is 5.69 Å². The largest absolute Gasteiger partial charge is 0.449 e. The van der Waals surface area contributed by atoms with Crippen molar-refractivity contribution in [3.63, 3.8) is 0 Å². The molecule has 0 aliphatic rings. The van der Waals surface area contributed by atoms with Crippen LogP contribution in [0.5, 0.6) is 0 Å². The number of aromatic nitrogens is 2. The number of ketones is 1. The summed E-state index contributed by atoms with van der Waals surface area (Å²) in [5.74, 6) is -1.74. The lowest BCUT2D eigenvalue weighted by atomic mass is 10.1. The molecule has 0 saturated carbocycles. The number of carbonyl (C=O) groups excluding carboxylic acids is 1. The summed E-state index contributed by atoms with van der Waals surface area (Å²) in [6.45, 7) is 0. The Morgan fingerprint density at radius 2 is 1.82 bits per heavy atom. The van der Waals surface area contributed by atoms with Crippen LogP contribution in [0.1, 0.15) is 18.5 Å². The molecule has 0 bridgehead atoms. The minimum absolute atomic E-state index is 0.0461. The summed E-state index contributed by atoms with van der Waals surface area (Å²) in [6, 6.07) is 10.3. The van der Waals surface area contributed by atoms with Crippen molar-refractivity contribution in [3.05, 3.63) is 52.4 Å². The summed E-state index contributed by atoms with van der Waals surface area (Å²) >= 11 is 0. The van der Waals surface area contributed by atoms with Gasteiger partial charge in [-0.1, -0.05) is 18.2 Å². The Kier molecular flexibility index (Phi) is 4.54. The van der Waals surface area contributed by atoms with Crippen LogP contribution in [0.3, 0.4) is 0 Å². The number of alkyl halides is 3. The van der Waals surface area contributed by atoms with E-state index in [9.17, 15) is 22.8 Å². The quantitative estimate of drug-likeness (QED) is 0.852. The van der Waals surface area contributed by atoms with Gasteiger partial charge in [-0.05, 0) is 25.0 Å². The zero-order valence-corrected chi connectivity index (χ0v) is 11.9. The number of rotatable bonds is 5. The first-order chi connectivity index (χ1) is 10.3. The molecule has 0 aliphatic carbocycles. The topological polar surface area (TPSA) is 44.0 Å². The fourth-order valence-electron chi connectivity index (χ4n) is 2.25. The van der Waals surface area contributed by atoms with E-state index >= 15 is 0 Å². The van der Waals surface area contributed by atoms with Gasteiger partial charge in [-0.15, -0.1) is 0 Å². The van der Waals surface area contributed by atoms with E-state index < -0.39 is 18.4 Å². The Labute approximate surface area is 124 Å². The van der Waals surface area contributed by atoms with E-state index in [1.54, 1.807) is 36.0 Å². The monoisotopic (exact) mass is 312 g/mol. The van der Waals surface area contributed by atoms with Crippen molar-refractivity contribution in [3.8, 4) is 5.69 Å². The highest BCUT2D eigenvalue weighted by atomic mass is 19.4. The zero-order valence-electron chi connectivity index (χ0n) is 11.9. The van der Waals surface area contributed by atoms with Gasteiger partial charge in [0.25, 0.3) is 5.56 Å². The van der Waals surface area contributed by atoms with Gasteiger partial charge in [0, 0.05) is 25.2 Å². The number of Topliss-reactive ketones (excluding diaryl/α,β-unsaturated/α-hetero) is 1. The second kappa shape index (κ2) is 6.21. The van der Waals surface area contributed by atoms with Crippen LogP contribution in [0, 0.1) is 0 Å². The van der Waals surface area contributed by atoms with Crippen LogP contribution >= 0.6 is 0 Å². The number of nitrogens with zero attached hydrogens (tertiary/aromatic N) is 2. The van der Waals surface area contributed by atoms with Crippen LogP contribution < -0.4 is 5.56 Å². The lowest BCUT2D eigenvalue weighted by Crippen LogP contribution is -2.22. The molecule has 22 heavy (non-hydrogen) atoms. The van der Waals surface area contributed by atoms with E-state index in [0.29, 0.717) is 11.4 Å². The third-order valence-corrected chi connectivity index (χ3v) is 3.37. The van der Waals surface area contributed by atoms with Crippen molar-refractivity contribution in [2.75, 3.05) is 0 Å². The number of halogens is 3. The molecule has 1 aromatic carbocycles. The van der Waals surface area contributed by atoms with Gasteiger partial charge in [-0.25, -0.2) is 4.68 Å². The normalized spacial score (nSPS) is 11.6. The van der Waals surface area contributed by atoms with E-state index in [1.807, 2.05) is 6.07 Å². The molecular formula is C15H15F3N2O2. The van der Waals surface area contributed by atoms with Gasteiger partial charge in [0.2, 0.25) is 5.78 Å². The van der Waals surface area contributed by atoms with Gasteiger partial charge >= 0.3 is 6.18 Å². The molecule has 0 spiro atoms. The number of hydrogen-bond acceptors (Lipinski definition) is 2. The fourth-order valence-corrected chi connectivity index (χ4v) is 2.25. The SMILES string of the molecule is Cn1c(CCCC(=O)C(F)(F)F)cc(=O)n1-c1ccccc1. The lowest BCUT2D eigenvalue weighted by Gasteiger charge is -2.10. The summed E-state index contributed by atoms with van der Waals surface area (Å²) in [5, 5.41) is 0. The number of carbonyl (C=O) groups is 1. The van der Waals surface area contributed by atoms with E-state index in [0.717, 1.165) is 0 Å². The Hall–Kier alpha value is -2.31. The van der Waals surface area contributed by atoms with E-state index in [4.69, 9.17) is 0 Å². The molecule has 0 amide bonds. The van der Waals surface area contributed by atoms with E-state index in [2.05, 4.69) is 0 Å². The third-order valence-electron chi connectivity index (χ3n) is 3.37. The van der Waals surface area contributed by atoms with Gasteiger partial charge in [-0.3, -0.25) is 14.3 Å². The van der Waals surface area contributed by atoms with Crippen LogP contribution in [-0.2, 0) is 18.3 Å². The first kappa shape index (κ1) is 16.1. The van der Waals surface area contributed by atoms with Crippen molar-refractivity contribution in [2.24, 2.45) is 7.05 Å². The smallest absolute Gasteiger partial charge is 0.290 e. The van der Waals surface area contributed by atoms with Crippen molar-refractivity contribution in [2.45, 2.75) is 25.4 Å². The summed E-state index contributed by atoms with van der Waals surface area (Å²) in [5.41, 5.74) is 1.00. The van der Waals surface area contributed by atoms with Gasteiger partial charge in [0.15, 0.2) is 0 Å². The molecule has 1 heterocycles. The molecule has 0 fully saturated rings. The van der Waals surface area contributed by atoms with Crippen molar-refractivity contribution >= 4 is 5.78 Å². The lowest BCUT2D eigenvalue weighted by molar-refractivity contribution is -0.171. The predicted octanol–water partition coefficient (Wildman–Crippen LogP) is 2.63. The first-order valence-electron chi connectivity index (χ1n) is 6.74. The predicted molar refractivity (Wildman–Crippen MR) is 75.0 cm³/mol. The molecule has 1 aromatic heterocycles. The Balaban J connectivity index is 2.12. The minimum Gasteiger partial charge on any atom is -0.290 e. The van der Waals surface area contributed by atoms with E-state index in [1.165, 1.54) is 10.7 Å². The van der Waals surface area contributed by atoms with Crippen LogP contribution in [0.2, 0.25) is 0 Å². The zero-order chi connectivity index (χ0) is 16.3. The van der Waals surface area contributed by atoms with Gasteiger partial charge in [0.1, 0.15) is 0 Å². The maximum absolute atomic E-state index is 12.1. The molecule has 0 radical (unpaired) electrons. The number of hydrogen-bond donors (Lipinski definition) is 0. The molecule has 2 aromatic rings. The second-order valence-corrected chi connectivity index (χ2v) is 4.92. The molecule has 0 N–H and O–H groups in total. The molecule has 0 saturated heterocycles. The molecule has 0 atom stereocenters. The number of para-hydroxylation sites is 1. The van der Waals surface area contributed by atoms with Crippen LogP contribution in [-0.4, -0.2) is 21.3 Å². The van der Waals surface area contributed by atoms with E-state index in [-0.39, 0.29) is 18.4 Å². The highest BCUT2D eigenvalue weighted by Crippen LogP contribution is 2.19. The molecule has 4 nitrogen and oxygen atoms in total. The van der Waals surface area contributed by atoms with Crippen molar-refractivity contribution < 1.29 is 18.0 Å². The molecule has 0 aliphatic heterocycles. The summed E-state index contributed by atoms with van der Waals surface area (Å²) in [4.78, 5) is 22.8. The third kappa shape index (κ3) is 3.47. The van der Waals surface area contributed by atoms with Crippen molar-refractivity contribution in [1.29, 1.82) is 0 Å². The molecule has 2 rings (SSSR count). The Morgan fingerprint density at radius 1 is 1.18 bits per heavy atom. The fraction of sp³-hybridized carbons (Fsp3) is 0.333. The molecular weight excluding hydrogens is 297 g/mol. The van der Waals surface area contributed by atoms with Crippen LogP contribution in [0.25, 0.3) is 5.69 Å². The molecule has 7 heteroatoms. The highest BCUT2D eigenvalue weighted by molar-refractivity contribution is 5.83. The summed E-state index contributed by atoms with van der Waals surface area (Å²) in [6.07, 6.45) is -5.09. The average Bonchev–Trinajstić information content (AvgIpc) is 2.73. The average molecular weight is 312 g/mol. The Bertz CT molecular complexity index is 715. The van der Waals surface area contributed by atoms with Crippen LogP contribution in [0.15, 0.2) is 41.2 Å². The minimum atomic E-state index is -4.79. The maximum Gasteiger partial charge on any atom is 0.449 e. The van der Waals surface area contributed by atoms with Crippen LogP contribution in [0.4, 0.5) is 13.2 Å². The maximum atomic E-state index is 12.1. The second-order valence-electron chi connectivity index (χ2n) is 4.92. The molecule has 0 unspecified atom stereocenters. The summed E-state index contributed by atoms with van der Waals surface area (Å²) in [7, 11) is 1.66. The Morgan fingerprint density at radius 3 is 2.41 bits per heavy atom. The number of benzene rings is 1. The summed E-state index contributed by atoms with van der Waals surface area (Å²) < 4.78 is 39.4. The highest BCUT2D eigenvalue weighted by Gasteiger charge is 2.37. The standard InChI is InChI=1S/C15H15F3N2O2/c1-19-12(8-5-9-13(21)15(16,17)18)10-14(22)20(19)11-6-3-2-4-7-11/h2-4,6-7,10H,5,8-9H2,1H3. The van der Waals surface area contributed by atoms with Gasteiger partial charge < -0.3 is 0 Å². The first-order valence-corrected chi connectivity index (χ1v) is 6.74. The van der Waals surface area contributed by atoms with Crippen molar-refractivity contribution in [1.82, 2.24) is 9.36 Å². The molecule has 118 valence electrons. The number of aryl methyl sites for hydroxylation is 1.